The Morgan fingerprint density at radius 3 is 2.74 bits per heavy atom. The average Bonchev–Trinajstić information content (AvgIpc) is 2.27. The molecule has 0 radical (unpaired) electrons. The van der Waals surface area contributed by atoms with Crippen LogP contribution in [0.25, 0.3) is 0 Å². The molecule has 3 N–H and O–H groups in total. The maximum atomic E-state index is 11.7. The van der Waals surface area contributed by atoms with Gasteiger partial charge in [-0.1, -0.05) is 15.9 Å². The second kappa shape index (κ2) is 6.98. The van der Waals surface area contributed by atoms with Crippen molar-refractivity contribution in [2.75, 3.05) is 12.4 Å². The summed E-state index contributed by atoms with van der Waals surface area (Å²) in [7, 11) is 1.50. The molecular weight excluding hydrogens is 316 g/mol. The van der Waals surface area contributed by atoms with E-state index in [0.717, 1.165) is 4.47 Å². The van der Waals surface area contributed by atoms with E-state index in [9.17, 15) is 9.59 Å². The molecule has 0 heterocycles. The summed E-state index contributed by atoms with van der Waals surface area (Å²) >= 11 is 3.29. The van der Waals surface area contributed by atoms with E-state index < -0.39 is 18.0 Å². The van der Waals surface area contributed by atoms with E-state index >= 15 is 0 Å². The normalized spacial score (nSPS) is 11.5. The number of ether oxygens (including phenoxy) is 1. The van der Waals surface area contributed by atoms with E-state index in [2.05, 4.69) is 26.6 Å². The Morgan fingerprint density at radius 2 is 2.16 bits per heavy atom. The number of carboxylic acid groups (broad SMARTS) is 1. The van der Waals surface area contributed by atoms with Gasteiger partial charge in [0, 0.05) is 10.5 Å². The van der Waals surface area contributed by atoms with Gasteiger partial charge in [-0.25, -0.2) is 4.79 Å². The number of benzene rings is 1. The number of carbonyl (C=O) groups is 2. The molecule has 0 aliphatic rings. The number of hydrogen-bond acceptors (Lipinski definition) is 3. The van der Waals surface area contributed by atoms with Crippen LogP contribution in [0.3, 0.4) is 0 Å². The topological polar surface area (TPSA) is 87.7 Å². The Kier molecular flexibility index (Phi) is 5.62. The number of carbonyl (C=O) groups excluding carboxylic acids is 1. The van der Waals surface area contributed by atoms with Crippen molar-refractivity contribution >= 4 is 33.6 Å². The highest BCUT2D eigenvalue weighted by Crippen LogP contribution is 2.27. The molecule has 1 rings (SSSR count). The number of methoxy groups -OCH3 is 1. The number of rotatable bonds is 5. The number of amides is 2. The van der Waals surface area contributed by atoms with Gasteiger partial charge in [0.2, 0.25) is 0 Å². The predicted molar refractivity (Wildman–Crippen MR) is 74.6 cm³/mol. The van der Waals surface area contributed by atoms with Crippen LogP contribution in [0.5, 0.6) is 5.75 Å². The number of aliphatic carboxylic acids is 1. The first-order chi connectivity index (χ1) is 8.92. The van der Waals surface area contributed by atoms with Gasteiger partial charge in [0.1, 0.15) is 5.75 Å². The highest BCUT2D eigenvalue weighted by molar-refractivity contribution is 9.10. The van der Waals surface area contributed by atoms with Gasteiger partial charge in [-0.05, 0) is 25.1 Å². The maximum absolute atomic E-state index is 11.7. The summed E-state index contributed by atoms with van der Waals surface area (Å²) in [6.07, 6.45) is -0.136. The number of anilines is 1. The molecule has 0 aliphatic carbocycles. The first kappa shape index (κ1) is 15.3. The molecule has 0 saturated carbocycles. The molecule has 7 heteroatoms. The summed E-state index contributed by atoms with van der Waals surface area (Å²) in [6.45, 7) is 1.62. The Hall–Kier alpha value is -1.76. The minimum atomic E-state index is -0.965. The Labute approximate surface area is 119 Å². The molecule has 2 amide bonds. The fourth-order valence-corrected chi connectivity index (χ4v) is 1.83. The summed E-state index contributed by atoms with van der Waals surface area (Å²) in [5.41, 5.74) is 0.497. The monoisotopic (exact) mass is 330 g/mol. The van der Waals surface area contributed by atoms with Crippen LogP contribution in [0, 0.1) is 0 Å². The Morgan fingerprint density at radius 1 is 1.47 bits per heavy atom. The highest BCUT2D eigenvalue weighted by Gasteiger charge is 2.12. The second-order valence-electron chi connectivity index (χ2n) is 3.94. The van der Waals surface area contributed by atoms with Crippen molar-refractivity contribution in [3.63, 3.8) is 0 Å². The van der Waals surface area contributed by atoms with E-state index in [4.69, 9.17) is 9.84 Å². The standard InChI is InChI=1S/C12H15BrN2O4/c1-7(5-11(16)17)14-12(18)15-9-6-8(13)3-4-10(9)19-2/h3-4,6-7H,5H2,1-2H3,(H,16,17)(H2,14,15,18). The van der Waals surface area contributed by atoms with E-state index in [1.807, 2.05) is 0 Å². The molecule has 1 atom stereocenters. The molecule has 1 aromatic rings. The van der Waals surface area contributed by atoms with Gasteiger partial charge in [-0.3, -0.25) is 4.79 Å². The van der Waals surface area contributed by atoms with Crippen molar-refractivity contribution in [3.8, 4) is 5.75 Å². The largest absolute Gasteiger partial charge is 0.495 e. The molecule has 1 unspecified atom stereocenters. The summed E-state index contributed by atoms with van der Waals surface area (Å²) in [5.74, 6) is -0.447. The van der Waals surface area contributed by atoms with Crippen LogP contribution in [0.15, 0.2) is 22.7 Å². The summed E-state index contributed by atoms with van der Waals surface area (Å²) in [4.78, 5) is 22.2. The number of urea groups is 1. The fraction of sp³-hybridized carbons (Fsp3) is 0.333. The summed E-state index contributed by atoms with van der Waals surface area (Å²) in [5, 5.41) is 13.7. The van der Waals surface area contributed by atoms with E-state index in [1.165, 1.54) is 7.11 Å². The van der Waals surface area contributed by atoms with Crippen molar-refractivity contribution in [2.45, 2.75) is 19.4 Å². The number of hydrogen-bond donors (Lipinski definition) is 3. The Balaban J connectivity index is 2.66. The summed E-state index contributed by atoms with van der Waals surface area (Å²) in [6, 6.07) is 4.25. The number of halogens is 1. The average molecular weight is 331 g/mol. The lowest BCUT2D eigenvalue weighted by Gasteiger charge is -2.14. The van der Waals surface area contributed by atoms with E-state index in [0.29, 0.717) is 11.4 Å². The molecule has 0 aliphatic heterocycles. The van der Waals surface area contributed by atoms with Gasteiger partial charge in [0.25, 0.3) is 0 Å². The first-order valence-electron chi connectivity index (χ1n) is 5.55. The van der Waals surface area contributed by atoms with Gasteiger partial charge < -0.3 is 20.5 Å². The highest BCUT2D eigenvalue weighted by atomic mass is 79.9. The van der Waals surface area contributed by atoms with Crippen LogP contribution in [-0.2, 0) is 4.79 Å². The third-order valence-corrected chi connectivity index (χ3v) is 2.76. The molecular formula is C12H15BrN2O4. The van der Waals surface area contributed by atoms with Crippen LogP contribution >= 0.6 is 15.9 Å². The van der Waals surface area contributed by atoms with Crippen molar-refractivity contribution in [1.29, 1.82) is 0 Å². The minimum Gasteiger partial charge on any atom is -0.495 e. The van der Waals surface area contributed by atoms with E-state index in [1.54, 1.807) is 25.1 Å². The van der Waals surface area contributed by atoms with Gasteiger partial charge in [-0.15, -0.1) is 0 Å². The molecule has 104 valence electrons. The summed E-state index contributed by atoms with van der Waals surface area (Å²) < 4.78 is 5.91. The van der Waals surface area contributed by atoms with Crippen LogP contribution in [-0.4, -0.2) is 30.3 Å². The zero-order chi connectivity index (χ0) is 14.4. The molecule has 1 aromatic carbocycles. The van der Waals surface area contributed by atoms with Crippen LogP contribution < -0.4 is 15.4 Å². The van der Waals surface area contributed by atoms with Gasteiger partial charge >= 0.3 is 12.0 Å². The molecule has 0 aromatic heterocycles. The molecule has 0 bridgehead atoms. The second-order valence-corrected chi connectivity index (χ2v) is 4.86. The Bertz CT molecular complexity index is 479. The molecule has 0 saturated heterocycles. The van der Waals surface area contributed by atoms with Gasteiger partial charge in [-0.2, -0.15) is 0 Å². The van der Waals surface area contributed by atoms with Crippen LogP contribution in [0.2, 0.25) is 0 Å². The van der Waals surface area contributed by atoms with Gasteiger partial charge in [0.05, 0.1) is 19.2 Å². The minimum absolute atomic E-state index is 0.136. The lowest BCUT2D eigenvalue weighted by molar-refractivity contribution is -0.137. The predicted octanol–water partition coefficient (Wildman–Crippen LogP) is 2.44. The van der Waals surface area contributed by atoms with Crippen LogP contribution in [0.4, 0.5) is 10.5 Å². The third-order valence-electron chi connectivity index (χ3n) is 2.27. The van der Waals surface area contributed by atoms with Crippen molar-refractivity contribution in [1.82, 2.24) is 5.32 Å². The SMILES string of the molecule is COc1ccc(Br)cc1NC(=O)NC(C)CC(=O)O. The molecule has 0 fully saturated rings. The quantitative estimate of drug-likeness (QED) is 0.773. The lowest BCUT2D eigenvalue weighted by atomic mass is 10.2. The van der Waals surface area contributed by atoms with Crippen molar-refractivity contribution < 1.29 is 19.4 Å². The zero-order valence-electron chi connectivity index (χ0n) is 10.6. The maximum Gasteiger partial charge on any atom is 0.319 e. The van der Waals surface area contributed by atoms with Gasteiger partial charge in [0.15, 0.2) is 0 Å². The third kappa shape index (κ3) is 5.17. The van der Waals surface area contributed by atoms with Crippen molar-refractivity contribution in [2.24, 2.45) is 0 Å². The zero-order valence-corrected chi connectivity index (χ0v) is 12.2. The lowest BCUT2D eigenvalue weighted by Crippen LogP contribution is -2.37. The fourth-order valence-electron chi connectivity index (χ4n) is 1.47. The molecule has 0 spiro atoms. The molecule has 19 heavy (non-hydrogen) atoms. The number of carboxylic acids is 1. The first-order valence-corrected chi connectivity index (χ1v) is 6.34. The smallest absolute Gasteiger partial charge is 0.319 e. The van der Waals surface area contributed by atoms with Crippen LogP contribution in [0.1, 0.15) is 13.3 Å². The number of nitrogens with one attached hydrogen (secondary N) is 2. The molecule has 6 nitrogen and oxygen atoms in total. The van der Waals surface area contributed by atoms with Crippen molar-refractivity contribution in [3.05, 3.63) is 22.7 Å². The van der Waals surface area contributed by atoms with E-state index in [-0.39, 0.29) is 6.42 Å².